The number of ether oxygens (including phenoxy) is 1. The summed E-state index contributed by atoms with van der Waals surface area (Å²) in [5, 5.41) is 10.3. The molecule has 0 aromatic heterocycles. The Bertz CT molecular complexity index is 264. The van der Waals surface area contributed by atoms with Gasteiger partial charge in [-0.3, -0.25) is 0 Å². The smallest absolute Gasteiger partial charge is 0.0715 e. The van der Waals surface area contributed by atoms with E-state index in [0.717, 1.165) is 5.56 Å². The van der Waals surface area contributed by atoms with E-state index in [2.05, 4.69) is 0 Å². The van der Waals surface area contributed by atoms with E-state index >= 15 is 0 Å². The average Bonchev–Trinajstić information content (AvgIpc) is 2.06. The summed E-state index contributed by atoms with van der Waals surface area (Å²) < 4.78 is 4.87. The van der Waals surface area contributed by atoms with Crippen molar-refractivity contribution in [2.24, 2.45) is 0 Å². The second-order valence-corrected chi connectivity index (χ2v) is 2.42. The Morgan fingerprint density at radius 1 is 1.42 bits per heavy atom. The van der Waals surface area contributed by atoms with Gasteiger partial charge in [-0.25, -0.2) is 0 Å². The van der Waals surface area contributed by atoms with Crippen molar-refractivity contribution in [1.29, 1.82) is 0 Å². The zero-order valence-electron chi connectivity index (χ0n) is 6.74. The Balaban J connectivity index is 2.78. The molecule has 0 aliphatic carbocycles. The molecule has 0 radical (unpaired) electrons. The van der Waals surface area contributed by atoms with Crippen LogP contribution in [0, 0.1) is 0 Å². The van der Waals surface area contributed by atoms with Gasteiger partial charge in [0, 0.05) is 7.11 Å². The van der Waals surface area contributed by atoms with Crippen molar-refractivity contribution in [3.63, 3.8) is 0 Å². The van der Waals surface area contributed by atoms with E-state index in [0.29, 0.717) is 6.61 Å². The average molecular weight is 165 g/mol. The number of carboxylic acid groups (broad SMARTS) is 1. The first-order chi connectivity index (χ1) is 5.74. The molecular weight excluding hydrogens is 156 g/mol. The van der Waals surface area contributed by atoms with Crippen molar-refractivity contribution in [3.05, 3.63) is 35.4 Å². The molecule has 0 spiro atoms. The molecule has 0 amide bonds. The molecule has 12 heavy (non-hydrogen) atoms. The van der Waals surface area contributed by atoms with E-state index in [1.807, 2.05) is 0 Å². The normalized spacial score (nSPS) is 9.75. The van der Waals surface area contributed by atoms with E-state index < -0.39 is 5.97 Å². The molecule has 1 rings (SSSR count). The first-order valence-corrected chi connectivity index (χ1v) is 3.53. The summed E-state index contributed by atoms with van der Waals surface area (Å²) in [6, 6.07) is 6.41. The third-order valence-electron chi connectivity index (χ3n) is 1.50. The highest BCUT2D eigenvalue weighted by Gasteiger charge is 1.93. The second kappa shape index (κ2) is 3.88. The van der Waals surface area contributed by atoms with E-state index in [4.69, 9.17) is 4.74 Å². The van der Waals surface area contributed by atoms with E-state index in [1.165, 1.54) is 12.1 Å². The molecule has 0 saturated carbocycles. The highest BCUT2D eigenvalue weighted by atomic mass is 16.5. The molecule has 0 unspecified atom stereocenters. The Morgan fingerprint density at radius 3 is 2.42 bits per heavy atom. The van der Waals surface area contributed by atoms with Gasteiger partial charge < -0.3 is 14.6 Å². The van der Waals surface area contributed by atoms with Crippen LogP contribution in [0.4, 0.5) is 0 Å². The third kappa shape index (κ3) is 2.07. The van der Waals surface area contributed by atoms with Crippen molar-refractivity contribution in [3.8, 4) is 0 Å². The van der Waals surface area contributed by atoms with Gasteiger partial charge >= 0.3 is 0 Å². The van der Waals surface area contributed by atoms with Crippen molar-refractivity contribution in [2.75, 3.05) is 7.11 Å². The number of aromatic carboxylic acids is 1. The summed E-state index contributed by atoms with van der Waals surface area (Å²) in [6.45, 7) is 0.493. The molecular formula is C9H9O3-. The van der Waals surface area contributed by atoms with Gasteiger partial charge in [0.1, 0.15) is 0 Å². The van der Waals surface area contributed by atoms with Crippen LogP contribution < -0.4 is 5.11 Å². The number of hydrogen-bond acceptors (Lipinski definition) is 3. The lowest BCUT2D eigenvalue weighted by molar-refractivity contribution is -0.255. The first-order valence-electron chi connectivity index (χ1n) is 3.53. The minimum absolute atomic E-state index is 0.190. The summed E-state index contributed by atoms with van der Waals surface area (Å²) in [4.78, 5) is 10.3. The SMILES string of the molecule is COCc1ccc(C(=O)[O-])cc1. The van der Waals surface area contributed by atoms with Crippen molar-refractivity contribution in [2.45, 2.75) is 6.61 Å². The molecule has 1 aromatic rings. The molecule has 0 saturated heterocycles. The van der Waals surface area contributed by atoms with Crippen molar-refractivity contribution < 1.29 is 14.6 Å². The molecule has 0 heterocycles. The van der Waals surface area contributed by atoms with Crippen LogP contribution in [-0.2, 0) is 11.3 Å². The second-order valence-electron chi connectivity index (χ2n) is 2.42. The molecule has 0 N–H and O–H groups in total. The van der Waals surface area contributed by atoms with Gasteiger partial charge in [-0.2, -0.15) is 0 Å². The van der Waals surface area contributed by atoms with Gasteiger partial charge in [-0.1, -0.05) is 24.3 Å². The quantitative estimate of drug-likeness (QED) is 0.642. The molecule has 0 bridgehead atoms. The highest BCUT2D eigenvalue weighted by Crippen LogP contribution is 2.04. The fraction of sp³-hybridized carbons (Fsp3) is 0.222. The summed E-state index contributed by atoms with van der Waals surface area (Å²) in [5.74, 6) is -1.15. The maximum atomic E-state index is 10.3. The minimum Gasteiger partial charge on any atom is -0.545 e. The number of rotatable bonds is 3. The number of benzene rings is 1. The number of hydrogen-bond donors (Lipinski definition) is 0. The van der Waals surface area contributed by atoms with Gasteiger partial charge in [-0.15, -0.1) is 0 Å². The zero-order valence-corrected chi connectivity index (χ0v) is 6.74. The zero-order chi connectivity index (χ0) is 8.97. The van der Waals surface area contributed by atoms with E-state index in [-0.39, 0.29) is 5.56 Å². The van der Waals surface area contributed by atoms with E-state index in [1.54, 1.807) is 19.2 Å². The summed E-state index contributed by atoms with van der Waals surface area (Å²) in [6.07, 6.45) is 0. The van der Waals surface area contributed by atoms with Crippen LogP contribution in [0.1, 0.15) is 15.9 Å². The van der Waals surface area contributed by atoms with Crippen LogP contribution in [0.15, 0.2) is 24.3 Å². The van der Waals surface area contributed by atoms with Gasteiger partial charge in [0.15, 0.2) is 0 Å². The van der Waals surface area contributed by atoms with Gasteiger partial charge in [-0.05, 0) is 11.1 Å². The minimum atomic E-state index is -1.15. The summed E-state index contributed by atoms with van der Waals surface area (Å²) in [5.41, 5.74) is 1.14. The van der Waals surface area contributed by atoms with E-state index in [9.17, 15) is 9.90 Å². The molecule has 3 heteroatoms. The monoisotopic (exact) mass is 165 g/mol. The molecule has 0 aliphatic rings. The lowest BCUT2D eigenvalue weighted by Crippen LogP contribution is -2.21. The van der Waals surface area contributed by atoms with Crippen LogP contribution in [0.3, 0.4) is 0 Å². The molecule has 64 valence electrons. The van der Waals surface area contributed by atoms with Crippen molar-refractivity contribution in [1.82, 2.24) is 0 Å². The maximum absolute atomic E-state index is 10.3. The predicted octanol–water partition coefficient (Wildman–Crippen LogP) is 0.196. The lowest BCUT2D eigenvalue weighted by atomic mass is 10.1. The third-order valence-corrected chi connectivity index (χ3v) is 1.50. The molecule has 0 fully saturated rings. The number of carboxylic acids is 1. The Kier molecular flexibility index (Phi) is 2.82. The number of carbonyl (C=O) groups excluding carboxylic acids is 1. The van der Waals surface area contributed by atoms with Gasteiger partial charge in [0.05, 0.1) is 12.6 Å². The van der Waals surface area contributed by atoms with Crippen LogP contribution in [0.2, 0.25) is 0 Å². The van der Waals surface area contributed by atoms with Crippen LogP contribution in [-0.4, -0.2) is 13.1 Å². The largest absolute Gasteiger partial charge is 0.545 e. The van der Waals surface area contributed by atoms with Gasteiger partial charge in [0.25, 0.3) is 0 Å². The van der Waals surface area contributed by atoms with Crippen LogP contribution >= 0.6 is 0 Å². The lowest BCUT2D eigenvalue weighted by Gasteiger charge is -2.03. The van der Waals surface area contributed by atoms with Crippen LogP contribution in [0.25, 0.3) is 0 Å². The standard InChI is InChI=1S/C9H10O3/c1-12-6-7-2-4-8(5-3-7)9(10)11/h2-5H,6H2,1H3,(H,10,11)/p-1. The number of carbonyl (C=O) groups is 1. The van der Waals surface area contributed by atoms with Crippen LogP contribution in [0.5, 0.6) is 0 Å². The van der Waals surface area contributed by atoms with Crippen molar-refractivity contribution >= 4 is 5.97 Å². The molecule has 3 nitrogen and oxygen atoms in total. The number of methoxy groups -OCH3 is 1. The molecule has 0 atom stereocenters. The maximum Gasteiger partial charge on any atom is 0.0715 e. The fourth-order valence-electron chi connectivity index (χ4n) is 0.904. The Morgan fingerprint density at radius 2 is 2.00 bits per heavy atom. The topological polar surface area (TPSA) is 49.4 Å². The Hall–Kier alpha value is -1.35. The van der Waals surface area contributed by atoms with Gasteiger partial charge in [0.2, 0.25) is 0 Å². The molecule has 1 aromatic carbocycles. The first kappa shape index (κ1) is 8.74. The highest BCUT2D eigenvalue weighted by molar-refractivity contribution is 5.85. The molecule has 0 aliphatic heterocycles. The fourth-order valence-corrected chi connectivity index (χ4v) is 0.904. The Labute approximate surface area is 70.6 Å². The summed E-state index contributed by atoms with van der Waals surface area (Å²) >= 11 is 0. The predicted molar refractivity (Wildman–Crippen MR) is 41.5 cm³/mol. The summed E-state index contributed by atoms with van der Waals surface area (Å²) in [7, 11) is 1.59.